The molecule has 1 aromatic heterocycles. The normalized spacial score (nSPS) is 14.8. The molecule has 0 bridgehead atoms. The Labute approximate surface area is 141 Å². The van der Waals surface area contributed by atoms with Crippen LogP contribution in [0.1, 0.15) is 54.6 Å². The highest BCUT2D eigenvalue weighted by molar-refractivity contribution is 5.86. The highest BCUT2D eigenvalue weighted by Crippen LogP contribution is 2.38. The molecular formula is C20H20O4. The van der Waals surface area contributed by atoms with E-state index in [0.717, 1.165) is 24.3 Å². The number of rotatable bonds is 2. The van der Waals surface area contributed by atoms with Gasteiger partial charge in [0.15, 0.2) is 5.76 Å². The second-order valence-corrected chi connectivity index (χ2v) is 6.33. The van der Waals surface area contributed by atoms with E-state index >= 15 is 0 Å². The third kappa shape index (κ3) is 3.30. The van der Waals surface area contributed by atoms with Crippen LogP contribution in [0.15, 0.2) is 34.7 Å². The number of fused-ring (bicyclic) bond motifs is 1. The first-order valence-electron chi connectivity index (χ1n) is 8.06. The molecule has 4 nitrogen and oxygen atoms in total. The van der Waals surface area contributed by atoms with E-state index in [1.165, 1.54) is 5.56 Å². The van der Waals surface area contributed by atoms with Gasteiger partial charge in [-0.3, -0.25) is 0 Å². The second-order valence-electron chi connectivity index (χ2n) is 6.33. The molecule has 124 valence electrons. The van der Waals surface area contributed by atoms with Crippen LogP contribution < -0.4 is 4.74 Å². The third-order valence-corrected chi connectivity index (χ3v) is 4.11. The fourth-order valence-corrected chi connectivity index (χ4v) is 2.66. The predicted molar refractivity (Wildman–Crippen MR) is 90.2 cm³/mol. The first kappa shape index (κ1) is 16.2. The SMILES string of the molecule is CCOC(=O)c1ccc(C#Cc2ccc3c(c2)C(C)(C)CCO3)o1. The summed E-state index contributed by atoms with van der Waals surface area (Å²) in [7, 11) is 0. The molecule has 0 radical (unpaired) electrons. The van der Waals surface area contributed by atoms with Crippen molar-refractivity contribution in [2.75, 3.05) is 13.2 Å². The Morgan fingerprint density at radius 3 is 2.88 bits per heavy atom. The molecule has 1 aromatic carbocycles. The Hall–Kier alpha value is -2.67. The number of ether oxygens (including phenoxy) is 2. The summed E-state index contributed by atoms with van der Waals surface area (Å²) >= 11 is 0. The standard InChI is InChI=1S/C20H20O4/c1-4-22-19(21)18-10-8-15(24-18)7-5-14-6-9-17-16(13-14)20(2,3)11-12-23-17/h6,8-10,13H,4,11-12H2,1-3H3. The maximum Gasteiger partial charge on any atom is 0.374 e. The van der Waals surface area contributed by atoms with E-state index < -0.39 is 5.97 Å². The zero-order chi connectivity index (χ0) is 17.2. The van der Waals surface area contributed by atoms with E-state index in [0.29, 0.717) is 12.4 Å². The monoisotopic (exact) mass is 324 g/mol. The minimum Gasteiger partial charge on any atom is -0.493 e. The number of hydrogen-bond acceptors (Lipinski definition) is 4. The van der Waals surface area contributed by atoms with Gasteiger partial charge in [-0.15, -0.1) is 0 Å². The molecular weight excluding hydrogens is 304 g/mol. The Morgan fingerprint density at radius 2 is 2.08 bits per heavy atom. The van der Waals surface area contributed by atoms with Crippen LogP contribution in [0.3, 0.4) is 0 Å². The predicted octanol–water partition coefficient (Wildman–Crippen LogP) is 3.92. The highest BCUT2D eigenvalue weighted by Gasteiger charge is 2.28. The lowest BCUT2D eigenvalue weighted by Gasteiger charge is -2.32. The molecule has 0 N–H and O–H groups in total. The van der Waals surface area contributed by atoms with E-state index in [2.05, 4.69) is 31.8 Å². The summed E-state index contributed by atoms with van der Waals surface area (Å²) in [6, 6.07) is 9.21. The van der Waals surface area contributed by atoms with Gasteiger partial charge >= 0.3 is 5.97 Å². The number of benzene rings is 1. The third-order valence-electron chi connectivity index (χ3n) is 4.11. The highest BCUT2D eigenvalue weighted by atomic mass is 16.5. The van der Waals surface area contributed by atoms with Gasteiger partial charge in [0.25, 0.3) is 0 Å². The maximum absolute atomic E-state index is 11.6. The van der Waals surface area contributed by atoms with Gasteiger partial charge in [0.2, 0.25) is 5.76 Å². The summed E-state index contributed by atoms with van der Waals surface area (Å²) in [5.74, 6) is 7.09. The fourth-order valence-electron chi connectivity index (χ4n) is 2.66. The molecule has 0 spiro atoms. The first-order chi connectivity index (χ1) is 11.5. The summed E-state index contributed by atoms with van der Waals surface area (Å²) in [5, 5.41) is 0. The van der Waals surface area contributed by atoms with Crippen molar-refractivity contribution >= 4 is 5.97 Å². The quantitative estimate of drug-likeness (QED) is 0.620. The van der Waals surface area contributed by atoms with Gasteiger partial charge in [-0.05, 0) is 55.0 Å². The minimum atomic E-state index is -0.474. The Bertz CT molecular complexity index is 818. The lowest BCUT2D eigenvalue weighted by molar-refractivity contribution is 0.0489. The summed E-state index contributed by atoms with van der Waals surface area (Å²) in [6.45, 7) is 7.23. The van der Waals surface area contributed by atoms with Crippen LogP contribution in [0.5, 0.6) is 5.75 Å². The number of carbonyl (C=O) groups excluding carboxylic acids is 1. The van der Waals surface area contributed by atoms with Crippen LogP contribution >= 0.6 is 0 Å². The molecule has 1 aliphatic heterocycles. The number of esters is 1. The van der Waals surface area contributed by atoms with Crippen molar-refractivity contribution in [2.24, 2.45) is 0 Å². The van der Waals surface area contributed by atoms with Crippen LogP contribution in [-0.2, 0) is 10.2 Å². The van der Waals surface area contributed by atoms with Crippen LogP contribution in [0, 0.1) is 11.8 Å². The maximum atomic E-state index is 11.6. The van der Waals surface area contributed by atoms with E-state index in [4.69, 9.17) is 13.9 Å². The smallest absolute Gasteiger partial charge is 0.374 e. The lowest BCUT2D eigenvalue weighted by atomic mass is 9.79. The largest absolute Gasteiger partial charge is 0.493 e. The van der Waals surface area contributed by atoms with Crippen molar-refractivity contribution in [2.45, 2.75) is 32.6 Å². The van der Waals surface area contributed by atoms with E-state index in [9.17, 15) is 4.79 Å². The van der Waals surface area contributed by atoms with Gasteiger partial charge < -0.3 is 13.9 Å². The molecule has 0 fully saturated rings. The van der Waals surface area contributed by atoms with Crippen molar-refractivity contribution in [3.8, 4) is 17.6 Å². The van der Waals surface area contributed by atoms with Gasteiger partial charge in [0, 0.05) is 11.1 Å². The summed E-state index contributed by atoms with van der Waals surface area (Å²) in [6.07, 6.45) is 0.984. The Balaban J connectivity index is 1.83. The van der Waals surface area contributed by atoms with E-state index in [-0.39, 0.29) is 11.2 Å². The van der Waals surface area contributed by atoms with Gasteiger partial charge in [-0.1, -0.05) is 19.8 Å². The Kier molecular flexibility index (Phi) is 4.35. The van der Waals surface area contributed by atoms with Crippen molar-refractivity contribution in [3.63, 3.8) is 0 Å². The minimum absolute atomic E-state index is 0.0764. The van der Waals surface area contributed by atoms with Gasteiger partial charge in [0.05, 0.1) is 13.2 Å². The first-order valence-corrected chi connectivity index (χ1v) is 8.06. The molecule has 0 saturated carbocycles. The van der Waals surface area contributed by atoms with Crippen molar-refractivity contribution in [1.29, 1.82) is 0 Å². The van der Waals surface area contributed by atoms with Gasteiger partial charge in [-0.2, -0.15) is 0 Å². The molecule has 4 heteroatoms. The molecule has 2 heterocycles. The molecule has 2 aromatic rings. The molecule has 0 saturated heterocycles. The number of hydrogen-bond donors (Lipinski definition) is 0. The molecule has 0 amide bonds. The summed E-state index contributed by atoms with van der Waals surface area (Å²) in [5.41, 5.74) is 2.14. The van der Waals surface area contributed by atoms with Crippen LogP contribution in [0.4, 0.5) is 0 Å². The number of carbonyl (C=O) groups is 1. The molecule has 1 aliphatic rings. The fraction of sp³-hybridized carbons (Fsp3) is 0.350. The Morgan fingerprint density at radius 1 is 1.25 bits per heavy atom. The molecule has 0 atom stereocenters. The molecule has 24 heavy (non-hydrogen) atoms. The van der Waals surface area contributed by atoms with Gasteiger partial charge in [0.1, 0.15) is 5.75 Å². The van der Waals surface area contributed by atoms with E-state index in [1.807, 2.05) is 12.1 Å². The zero-order valence-corrected chi connectivity index (χ0v) is 14.1. The van der Waals surface area contributed by atoms with Crippen molar-refractivity contribution < 1.29 is 18.7 Å². The van der Waals surface area contributed by atoms with Gasteiger partial charge in [-0.25, -0.2) is 4.79 Å². The number of furan rings is 1. The second kappa shape index (κ2) is 6.45. The van der Waals surface area contributed by atoms with Crippen LogP contribution in [0.25, 0.3) is 0 Å². The lowest BCUT2D eigenvalue weighted by Crippen LogP contribution is -2.26. The van der Waals surface area contributed by atoms with Crippen molar-refractivity contribution in [1.82, 2.24) is 0 Å². The van der Waals surface area contributed by atoms with E-state index in [1.54, 1.807) is 19.1 Å². The average Bonchev–Trinajstić information content (AvgIpc) is 3.02. The topological polar surface area (TPSA) is 48.7 Å². The molecule has 0 unspecified atom stereocenters. The summed E-state index contributed by atoms with van der Waals surface area (Å²) in [4.78, 5) is 11.6. The summed E-state index contributed by atoms with van der Waals surface area (Å²) < 4.78 is 16.0. The molecule has 3 rings (SSSR count). The zero-order valence-electron chi connectivity index (χ0n) is 14.1. The average molecular weight is 324 g/mol. The van der Waals surface area contributed by atoms with Crippen LogP contribution in [0.2, 0.25) is 0 Å². The van der Waals surface area contributed by atoms with Crippen LogP contribution in [-0.4, -0.2) is 19.2 Å². The molecule has 0 aliphatic carbocycles. The van der Waals surface area contributed by atoms with Crippen molar-refractivity contribution in [3.05, 3.63) is 53.0 Å².